The Morgan fingerprint density at radius 3 is 3.06 bits per heavy atom. The third-order valence-corrected chi connectivity index (χ3v) is 3.68. The fourth-order valence-corrected chi connectivity index (χ4v) is 2.51. The van der Waals surface area contributed by atoms with Gasteiger partial charge in [-0.05, 0) is 30.9 Å². The number of halogens is 1. The first-order valence-corrected chi connectivity index (χ1v) is 6.48. The van der Waals surface area contributed by atoms with Crippen LogP contribution in [0.4, 0.5) is 0 Å². The fourth-order valence-electron chi connectivity index (χ4n) is 2.31. The number of carbonyl (C=O) groups is 1. The summed E-state index contributed by atoms with van der Waals surface area (Å²) in [6.07, 6.45) is 5.07. The minimum atomic E-state index is 0.222. The molecular weight excluding hydrogens is 236 g/mol. The van der Waals surface area contributed by atoms with Crippen LogP contribution in [-0.4, -0.2) is 34.3 Å². The highest BCUT2D eigenvalue weighted by Gasteiger charge is 2.31. The quantitative estimate of drug-likeness (QED) is 0.769. The normalized spacial score (nSPS) is 21.9. The number of rotatable bonds is 4. The van der Waals surface area contributed by atoms with Crippen molar-refractivity contribution in [3.63, 3.8) is 0 Å². The van der Waals surface area contributed by atoms with Gasteiger partial charge in [0.15, 0.2) is 0 Å². The predicted molar refractivity (Wildman–Crippen MR) is 67.9 cm³/mol. The van der Waals surface area contributed by atoms with Gasteiger partial charge in [0.1, 0.15) is 0 Å². The molecule has 2 heterocycles. The summed E-state index contributed by atoms with van der Waals surface area (Å²) in [5.74, 6) is 1.12. The second-order valence-electron chi connectivity index (χ2n) is 4.68. The molecule has 2 rings (SSSR count). The smallest absolute Gasteiger partial charge is 0.223 e. The summed E-state index contributed by atoms with van der Waals surface area (Å²) in [6.45, 7) is 2.88. The Bertz CT molecular complexity index is 382. The van der Waals surface area contributed by atoms with E-state index in [1.807, 2.05) is 23.2 Å². The van der Waals surface area contributed by atoms with E-state index in [1.165, 1.54) is 5.56 Å². The number of amides is 1. The van der Waals surface area contributed by atoms with Crippen LogP contribution >= 0.6 is 11.6 Å². The minimum absolute atomic E-state index is 0.222. The molecule has 1 aliphatic rings. The Balaban J connectivity index is 1.97. The van der Waals surface area contributed by atoms with E-state index in [2.05, 4.69) is 11.9 Å². The molecule has 1 aromatic heterocycles. The van der Waals surface area contributed by atoms with Crippen LogP contribution in [0.15, 0.2) is 24.5 Å². The highest BCUT2D eigenvalue weighted by molar-refractivity contribution is 6.18. The second kappa shape index (κ2) is 5.50. The van der Waals surface area contributed by atoms with Gasteiger partial charge in [-0.1, -0.05) is 6.07 Å². The van der Waals surface area contributed by atoms with Crippen molar-refractivity contribution in [1.82, 2.24) is 9.88 Å². The van der Waals surface area contributed by atoms with Gasteiger partial charge in [-0.25, -0.2) is 0 Å². The van der Waals surface area contributed by atoms with E-state index in [0.717, 1.165) is 13.0 Å². The Morgan fingerprint density at radius 2 is 2.47 bits per heavy atom. The molecule has 0 aromatic carbocycles. The molecule has 1 aromatic rings. The van der Waals surface area contributed by atoms with Crippen LogP contribution in [0.5, 0.6) is 0 Å². The van der Waals surface area contributed by atoms with Crippen LogP contribution < -0.4 is 0 Å². The molecule has 0 N–H and O–H groups in total. The van der Waals surface area contributed by atoms with E-state index in [9.17, 15) is 4.79 Å². The number of hydrogen-bond acceptors (Lipinski definition) is 2. The lowest BCUT2D eigenvalue weighted by molar-refractivity contribution is -0.129. The van der Waals surface area contributed by atoms with E-state index in [0.29, 0.717) is 18.2 Å². The van der Waals surface area contributed by atoms with Gasteiger partial charge in [0.25, 0.3) is 0 Å². The average Bonchev–Trinajstić information content (AvgIpc) is 2.72. The van der Waals surface area contributed by atoms with Crippen LogP contribution in [-0.2, 0) is 11.2 Å². The molecule has 0 aliphatic carbocycles. The molecule has 3 nitrogen and oxygen atoms in total. The minimum Gasteiger partial charge on any atom is -0.339 e. The van der Waals surface area contributed by atoms with Crippen LogP contribution in [0.25, 0.3) is 0 Å². The van der Waals surface area contributed by atoms with Gasteiger partial charge in [-0.2, -0.15) is 0 Å². The molecule has 0 spiro atoms. The summed E-state index contributed by atoms with van der Waals surface area (Å²) >= 11 is 5.81. The zero-order valence-corrected chi connectivity index (χ0v) is 10.7. The second-order valence-corrected chi connectivity index (χ2v) is 4.99. The molecule has 0 bridgehead atoms. The van der Waals surface area contributed by atoms with Crippen molar-refractivity contribution >= 4 is 17.5 Å². The summed E-state index contributed by atoms with van der Waals surface area (Å²) in [7, 11) is 0. The predicted octanol–water partition coefficient (Wildman–Crippen LogP) is 2.10. The third kappa shape index (κ3) is 2.97. The van der Waals surface area contributed by atoms with Crippen molar-refractivity contribution in [2.45, 2.75) is 25.8 Å². The maximum atomic E-state index is 11.8. The van der Waals surface area contributed by atoms with Crippen LogP contribution in [0.1, 0.15) is 18.9 Å². The van der Waals surface area contributed by atoms with Gasteiger partial charge in [0.2, 0.25) is 5.91 Å². The van der Waals surface area contributed by atoms with Crippen molar-refractivity contribution in [1.29, 1.82) is 0 Å². The van der Waals surface area contributed by atoms with Crippen molar-refractivity contribution in [2.24, 2.45) is 5.92 Å². The van der Waals surface area contributed by atoms with Crippen LogP contribution in [0.3, 0.4) is 0 Å². The van der Waals surface area contributed by atoms with E-state index in [1.54, 1.807) is 6.20 Å². The van der Waals surface area contributed by atoms with Gasteiger partial charge in [0, 0.05) is 37.3 Å². The Labute approximate surface area is 107 Å². The standard InChI is InChI=1S/C13H17ClN2O/c1-10(5-11-3-2-4-15-8-11)16-9-12(7-14)6-13(16)17/h2-4,8,10,12H,5-7,9H2,1H3. The third-order valence-electron chi connectivity index (χ3n) is 3.24. The summed E-state index contributed by atoms with van der Waals surface area (Å²) in [5, 5.41) is 0. The van der Waals surface area contributed by atoms with Crippen molar-refractivity contribution in [2.75, 3.05) is 12.4 Å². The number of carbonyl (C=O) groups excluding carboxylic acids is 1. The van der Waals surface area contributed by atoms with E-state index in [4.69, 9.17) is 11.6 Å². The fraction of sp³-hybridized carbons (Fsp3) is 0.538. The lowest BCUT2D eigenvalue weighted by atomic mass is 10.1. The average molecular weight is 253 g/mol. The maximum absolute atomic E-state index is 11.8. The molecule has 92 valence electrons. The molecular formula is C13H17ClN2O. The summed E-state index contributed by atoms with van der Waals surface area (Å²) in [6, 6.07) is 4.19. The van der Waals surface area contributed by atoms with Gasteiger partial charge >= 0.3 is 0 Å². The summed E-state index contributed by atoms with van der Waals surface area (Å²) in [5.41, 5.74) is 1.17. The van der Waals surface area contributed by atoms with Gasteiger partial charge < -0.3 is 4.90 Å². The molecule has 1 aliphatic heterocycles. The van der Waals surface area contributed by atoms with Crippen molar-refractivity contribution in [3.8, 4) is 0 Å². The van der Waals surface area contributed by atoms with Gasteiger partial charge in [0.05, 0.1) is 0 Å². The van der Waals surface area contributed by atoms with Crippen LogP contribution in [0.2, 0.25) is 0 Å². The first-order valence-electron chi connectivity index (χ1n) is 5.95. The molecule has 2 unspecified atom stereocenters. The van der Waals surface area contributed by atoms with E-state index < -0.39 is 0 Å². The van der Waals surface area contributed by atoms with Crippen molar-refractivity contribution < 1.29 is 4.79 Å². The maximum Gasteiger partial charge on any atom is 0.223 e. The number of aromatic nitrogens is 1. The monoisotopic (exact) mass is 252 g/mol. The number of likely N-dealkylation sites (tertiary alicyclic amines) is 1. The summed E-state index contributed by atoms with van der Waals surface area (Å²) in [4.78, 5) is 17.9. The molecule has 0 radical (unpaired) electrons. The molecule has 4 heteroatoms. The highest BCUT2D eigenvalue weighted by Crippen LogP contribution is 2.22. The zero-order valence-electron chi connectivity index (χ0n) is 9.97. The summed E-state index contributed by atoms with van der Waals surface area (Å²) < 4.78 is 0. The SMILES string of the molecule is CC(Cc1cccnc1)N1CC(CCl)CC1=O. The molecule has 1 saturated heterocycles. The van der Waals surface area contributed by atoms with Crippen molar-refractivity contribution in [3.05, 3.63) is 30.1 Å². The Kier molecular flexibility index (Phi) is 4.00. The molecule has 17 heavy (non-hydrogen) atoms. The number of hydrogen-bond donors (Lipinski definition) is 0. The number of alkyl halides is 1. The molecule has 1 fully saturated rings. The zero-order chi connectivity index (χ0) is 12.3. The largest absolute Gasteiger partial charge is 0.339 e. The highest BCUT2D eigenvalue weighted by atomic mass is 35.5. The lowest BCUT2D eigenvalue weighted by Crippen LogP contribution is -2.36. The number of nitrogens with zero attached hydrogens (tertiary/aromatic N) is 2. The van der Waals surface area contributed by atoms with E-state index in [-0.39, 0.29) is 11.9 Å². The first kappa shape index (κ1) is 12.4. The van der Waals surface area contributed by atoms with E-state index >= 15 is 0 Å². The Morgan fingerprint density at radius 1 is 1.65 bits per heavy atom. The molecule has 0 saturated carbocycles. The first-order chi connectivity index (χ1) is 8.20. The topological polar surface area (TPSA) is 33.2 Å². The van der Waals surface area contributed by atoms with Gasteiger partial charge in [-0.3, -0.25) is 9.78 Å². The van der Waals surface area contributed by atoms with Gasteiger partial charge in [-0.15, -0.1) is 11.6 Å². The van der Waals surface area contributed by atoms with Crippen LogP contribution in [0, 0.1) is 5.92 Å². The molecule has 2 atom stereocenters. The lowest BCUT2D eigenvalue weighted by Gasteiger charge is -2.24. The Hall–Kier alpha value is -1.09. The molecule has 1 amide bonds. The number of pyridine rings is 1.